The minimum Gasteiger partial charge on any atom is -0.331 e. The second-order valence-electron chi connectivity index (χ2n) is 5.43. The summed E-state index contributed by atoms with van der Waals surface area (Å²) in [5.74, 6) is 1.93. The first-order chi connectivity index (χ1) is 9.41. The van der Waals surface area contributed by atoms with E-state index < -0.39 is 9.84 Å². The molecule has 1 aromatic heterocycles. The van der Waals surface area contributed by atoms with Gasteiger partial charge in [0.25, 0.3) is 0 Å². The molecule has 6 heteroatoms. The summed E-state index contributed by atoms with van der Waals surface area (Å²) in [7, 11) is -1.01. The Bertz CT molecular complexity index is 776. The predicted octanol–water partition coefficient (Wildman–Crippen LogP) is 3.15. The predicted molar refractivity (Wildman–Crippen MR) is 83.6 cm³/mol. The fourth-order valence-electron chi connectivity index (χ4n) is 2.46. The van der Waals surface area contributed by atoms with Gasteiger partial charge in [0.15, 0.2) is 9.84 Å². The fourth-order valence-corrected chi connectivity index (χ4v) is 3.93. The average molecular weight is 357 g/mol. The quantitative estimate of drug-likeness (QED) is 0.845. The number of benzene rings is 1. The van der Waals surface area contributed by atoms with Crippen molar-refractivity contribution < 1.29 is 8.42 Å². The van der Waals surface area contributed by atoms with Gasteiger partial charge in [-0.15, -0.1) is 0 Å². The lowest BCUT2D eigenvalue weighted by molar-refractivity contribution is 0.596. The van der Waals surface area contributed by atoms with Crippen LogP contribution >= 0.6 is 15.9 Å². The van der Waals surface area contributed by atoms with E-state index in [0.717, 1.165) is 26.9 Å². The van der Waals surface area contributed by atoms with Gasteiger partial charge in [0.1, 0.15) is 11.3 Å². The molecule has 20 heavy (non-hydrogen) atoms. The van der Waals surface area contributed by atoms with Crippen molar-refractivity contribution in [2.24, 2.45) is 7.05 Å². The highest BCUT2D eigenvalue weighted by atomic mass is 79.9. The van der Waals surface area contributed by atoms with Crippen molar-refractivity contribution in [1.29, 1.82) is 0 Å². The molecule has 3 rings (SSSR count). The molecule has 0 atom stereocenters. The monoisotopic (exact) mass is 356 g/mol. The third-order valence-electron chi connectivity index (χ3n) is 3.80. The van der Waals surface area contributed by atoms with E-state index in [1.165, 1.54) is 12.8 Å². The van der Waals surface area contributed by atoms with E-state index in [9.17, 15) is 8.42 Å². The van der Waals surface area contributed by atoms with Crippen molar-refractivity contribution in [3.05, 3.63) is 28.0 Å². The first-order valence-corrected chi connectivity index (χ1v) is 9.38. The average Bonchev–Trinajstić information content (AvgIpc) is 3.16. The minimum absolute atomic E-state index is 0.0853. The smallest absolute Gasteiger partial charge is 0.154 e. The van der Waals surface area contributed by atoms with E-state index in [1.807, 2.05) is 19.2 Å². The van der Waals surface area contributed by atoms with Gasteiger partial charge in [-0.3, -0.25) is 0 Å². The fraction of sp³-hybridized carbons (Fsp3) is 0.500. The van der Waals surface area contributed by atoms with Gasteiger partial charge < -0.3 is 4.57 Å². The summed E-state index contributed by atoms with van der Waals surface area (Å²) in [5.41, 5.74) is 2.74. The number of halogens is 1. The summed E-state index contributed by atoms with van der Waals surface area (Å²) in [6.45, 7) is 1.68. The van der Waals surface area contributed by atoms with Crippen LogP contribution in [0.25, 0.3) is 11.0 Å². The molecule has 0 N–H and O–H groups in total. The van der Waals surface area contributed by atoms with Crippen molar-refractivity contribution in [3.8, 4) is 0 Å². The van der Waals surface area contributed by atoms with Gasteiger partial charge in [0.2, 0.25) is 0 Å². The van der Waals surface area contributed by atoms with Crippen LogP contribution in [0.15, 0.2) is 16.6 Å². The number of aryl methyl sites for hydroxylation is 1. The first kappa shape index (κ1) is 14.1. The Balaban J connectivity index is 2.11. The second kappa shape index (κ2) is 4.84. The molecule has 1 heterocycles. The van der Waals surface area contributed by atoms with Crippen molar-refractivity contribution in [2.45, 2.75) is 31.4 Å². The third-order valence-corrected chi connectivity index (χ3v) is 6.06. The Morgan fingerprint density at radius 2 is 2.10 bits per heavy atom. The molecule has 0 spiro atoms. The van der Waals surface area contributed by atoms with Crippen molar-refractivity contribution >= 4 is 36.8 Å². The molecular weight excluding hydrogens is 340 g/mol. The van der Waals surface area contributed by atoms with Crippen molar-refractivity contribution in [2.75, 3.05) is 5.75 Å². The number of rotatable bonds is 4. The van der Waals surface area contributed by atoms with E-state index >= 15 is 0 Å². The molecule has 2 aromatic rings. The molecule has 1 aromatic carbocycles. The number of sulfone groups is 1. The minimum atomic E-state index is -3.02. The van der Waals surface area contributed by atoms with Crippen LogP contribution in [-0.4, -0.2) is 23.7 Å². The highest BCUT2D eigenvalue weighted by Crippen LogP contribution is 2.41. The maximum Gasteiger partial charge on any atom is 0.154 e. The van der Waals surface area contributed by atoms with Crippen molar-refractivity contribution in [3.63, 3.8) is 0 Å². The summed E-state index contributed by atoms with van der Waals surface area (Å²) in [5, 5.41) is 0. The van der Waals surface area contributed by atoms with E-state index in [2.05, 4.69) is 20.5 Å². The van der Waals surface area contributed by atoms with Crippen LogP contribution in [0.4, 0.5) is 0 Å². The summed E-state index contributed by atoms with van der Waals surface area (Å²) in [6.07, 6.45) is 2.40. The Morgan fingerprint density at radius 3 is 2.70 bits per heavy atom. The number of hydrogen-bond acceptors (Lipinski definition) is 3. The Kier molecular flexibility index (Phi) is 3.41. The Labute approximate surface area is 127 Å². The number of aromatic nitrogens is 2. The van der Waals surface area contributed by atoms with Crippen LogP contribution in [0.5, 0.6) is 0 Å². The second-order valence-corrected chi connectivity index (χ2v) is 8.63. The number of fused-ring (bicyclic) bond motifs is 1. The summed E-state index contributed by atoms with van der Waals surface area (Å²) in [4.78, 5) is 4.70. The Hall–Kier alpha value is -0.880. The zero-order chi connectivity index (χ0) is 14.5. The first-order valence-electron chi connectivity index (χ1n) is 6.76. The topological polar surface area (TPSA) is 52.0 Å². The largest absolute Gasteiger partial charge is 0.331 e. The lowest BCUT2D eigenvalue weighted by Crippen LogP contribution is -2.06. The maximum absolute atomic E-state index is 11.8. The van der Waals surface area contributed by atoms with Gasteiger partial charge in [-0.2, -0.15) is 0 Å². The van der Waals surface area contributed by atoms with Crippen LogP contribution in [0.2, 0.25) is 0 Å². The molecule has 0 radical (unpaired) electrons. The van der Waals surface area contributed by atoms with Crippen molar-refractivity contribution in [1.82, 2.24) is 9.55 Å². The van der Waals surface area contributed by atoms with E-state index in [-0.39, 0.29) is 11.5 Å². The molecule has 0 bridgehead atoms. The van der Waals surface area contributed by atoms with Gasteiger partial charge in [0, 0.05) is 23.2 Å². The molecule has 0 saturated heterocycles. The van der Waals surface area contributed by atoms with Gasteiger partial charge in [-0.05, 0) is 46.5 Å². The summed E-state index contributed by atoms with van der Waals surface area (Å²) >= 11 is 3.52. The summed E-state index contributed by atoms with van der Waals surface area (Å²) < 4.78 is 26.5. The van der Waals surface area contributed by atoms with Gasteiger partial charge in [-0.25, -0.2) is 13.4 Å². The van der Waals surface area contributed by atoms with E-state index in [4.69, 9.17) is 4.98 Å². The van der Waals surface area contributed by atoms with Crippen LogP contribution in [0.3, 0.4) is 0 Å². The molecule has 0 aliphatic heterocycles. The number of hydrogen-bond donors (Lipinski definition) is 0. The lowest BCUT2D eigenvalue weighted by Gasteiger charge is -2.05. The molecule has 1 aliphatic carbocycles. The molecule has 0 amide bonds. The van der Waals surface area contributed by atoms with E-state index in [0.29, 0.717) is 5.92 Å². The van der Waals surface area contributed by atoms with Crippen LogP contribution < -0.4 is 0 Å². The third kappa shape index (κ3) is 2.51. The standard InChI is InChI=1S/C14H17BrN2O2S/c1-3-20(18,19)8-9-6-11(15)13-12(7-9)17(2)14(16-13)10-4-5-10/h6-7,10H,3-5,8H2,1-2H3. The van der Waals surface area contributed by atoms with Crippen LogP contribution in [-0.2, 0) is 22.6 Å². The maximum atomic E-state index is 11.8. The highest BCUT2D eigenvalue weighted by Gasteiger charge is 2.29. The van der Waals surface area contributed by atoms with Crippen LogP contribution in [0, 0.1) is 0 Å². The molecule has 0 unspecified atom stereocenters. The number of nitrogens with zero attached hydrogens (tertiary/aromatic N) is 2. The SMILES string of the molecule is CCS(=O)(=O)Cc1cc(Br)c2nc(C3CC3)n(C)c2c1. The molecule has 1 saturated carbocycles. The summed E-state index contributed by atoms with van der Waals surface area (Å²) in [6, 6.07) is 3.82. The molecular formula is C14H17BrN2O2S. The zero-order valence-corrected chi connectivity index (χ0v) is 14.0. The molecule has 108 valence electrons. The highest BCUT2D eigenvalue weighted by molar-refractivity contribution is 9.10. The van der Waals surface area contributed by atoms with E-state index in [1.54, 1.807) is 6.92 Å². The normalized spacial score (nSPS) is 15.9. The van der Waals surface area contributed by atoms with Crippen LogP contribution in [0.1, 0.15) is 37.1 Å². The number of imidazole rings is 1. The molecule has 4 nitrogen and oxygen atoms in total. The van der Waals surface area contributed by atoms with Gasteiger partial charge >= 0.3 is 0 Å². The zero-order valence-electron chi connectivity index (χ0n) is 11.6. The van der Waals surface area contributed by atoms with Gasteiger partial charge in [0.05, 0.1) is 11.3 Å². The lowest BCUT2D eigenvalue weighted by atomic mass is 10.2. The van der Waals surface area contributed by atoms with Gasteiger partial charge in [-0.1, -0.05) is 6.92 Å². The molecule has 1 fully saturated rings. The molecule has 1 aliphatic rings. The Morgan fingerprint density at radius 1 is 1.40 bits per heavy atom.